The summed E-state index contributed by atoms with van der Waals surface area (Å²) in [6, 6.07) is 27.8. The third kappa shape index (κ3) is 14.2. The summed E-state index contributed by atoms with van der Waals surface area (Å²) in [5.74, 6) is -2.16. The van der Waals surface area contributed by atoms with Crippen LogP contribution in [0.2, 0.25) is 0 Å². The molecule has 3 aromatic carbocycles. The second-order valence-corrected chi connectivity index (χ2v) is 11.7. The van der Waals surface area contributed by atoms with Crippen LogP contribution in [0.15, 0.2) is 116 Å². The van der Waals surface area contributed by atoms with E-state index in [1.807, 2.05) is 91.0 Å². The zero-order valence-electron chi connectivity index (χ0n) is 27.1. The fraction of sp³-hybridized carbons (Fsp3) is 0.359. The van der Waals surface area contributed by atoms with E-state index in [2.05, 4.69) is 23.8 Å². The fourth-order valence-corrected chi connectivity index (χ4v) is 5.22. The van der Waals surface area contributed by atoms with Crippen molar-refractivity contribution in [1.82, 2.24) is 10.6 Å². The zero-order valence-corrected chi connectivity index (χ0v) is 27.1. The number of hydrogen-bond acceptors (Lipinski definition) is 6. The third-order valence-corrected chi connectivity index (χ3v) is 7.75. The summed E-state index contributed by atoms with van der Waals surface area (Å²) in [4.78, 5) is 39.8. The van der Waals surface area contributed by atoms with Crippen LogP contribution in [0, 0.1) is 11.8 Å². The van der Waals surface area contributed by atoms with Crippen LogP contribution in [0.5, 0.6) is 0 Å². The summed E-state index contributed by atoms with van der Waals surface area (Å²) in [5.41, 5.74) is 2.99. The Morgan fingerprint density at radius 2 is 1.32 bits per heavy atom. The van der Waals surface area contributed by atoms with E-state index in [0.717, 1.165) is 16.7 Å². The lowest BCUT2D eigenvalue weighted by Gasteiger charge is -2.24. The average Bonchev–Trinajstić information content (AvgIpc) is 3.09. The average molecular weight is 641 g/mol. The number of hydrogen-bond donors (Lipinski definition) is 3. The van der Waals surface area contributed by atoms with Crippen molar-refractivity contribution in [1.29, 1.82) is 0 Å². The summed E-state index contributed by atoms with van der Waals surface area (Å²) in [7, 11) is 0. The van der Waals surface area contributed by atoms with Crippen molar-refractivity contribution in [2.24, 2.45) is 11.8 Å². The van der Waals surface area contributed by atoms with Gasteiger partial charge in [0.15, 0.2) is 0 Å². The molecule has 0 aromatic heterocycles. The van der Waals surface area contributed by atoms with Gasteiger partial charge in [-0.15, -0.1) is 13.2 Å². The zero-order chi connectivity index (χ0) is 33.7. The van der Waals surface area contributed by atoms with Crippen LogP contribution in [0.1, 0.15) is 42.4 Å². The van der Waals surface area contributed by atoms with Gasteiger partial charge < -0.3 is 25.2 Å². The maximum absolute atomic E-state index is 13.5. The van der Waals surface area contributed by atoms with Crippen molar-refractivity contribution in [2.45, 2.75) is 57.2 Å². The van der Waals surface area contributed by atoms with E-state index in [4.69, 9.17) is 9.47 Å². The van der Waals surface area contributed by atoms with Gasteiger partial charge in [0.2, 0.25) is 11.8 Å². The minimum absolute atomic E-state index is 0.0879. The molecule has 8 nitrogen and oxygen atoms in total. The topological polar surface area (TPSA) is 114 Å². The lowest BCUT2D eigenvalue weighted by Crippen LogP contribution is -2.46. The molecule has 3 N–H and O–H groups in total. The molecule has 0 bridgehead atoms. The molecule has 47 heavy (non-hydrogen) atoms. The van der Waals surface area contributed by atoms with Gasteiger partial charge in [0.05, 0.1) is 43.7 Å². The lowest BCUT2D eigenvalue weighted by atomic mass is 9.95. The summed E-state index contributed by atoms with van der Waals surface area (Å²) in [5, 5.41) is 15.7. The van der Waals surface area contributed by atoms with Crippen LogP contribution in [0.3, 0.4) is 0 Å². The van der Waals surface area contributed by atoms with Crippen molar-refractivity contribution < 1.29 is 29.0 Å². The molecule has 0 aliphatic rings. The van der Waals surface area contributed by atoms with Gasteiger partial charge in [0.25, 0.3) is 0 Å². The van der Waals surface area contributed by atoms with Gasteiger partial charge in [-0.25, -0.2) is 0 Å². The van der Waals surface area contributed by atoms with Crippen LogP contribution in [0.4, 0.5) is 0 Å². The smallest absolute Gasteiger partial charge is 0.309 e. The van der Waals surface area contributed by atoms with Crippen LogP contribution >= 0.6 is 0 Å². The van der Waals surface area contributed by atoms with E-state index in [0.29, 0.717) is 32.3 Å². The minimum atomic E-state index is -0.714. The Labute approximate surface area is 278 Å². The maximum Gasteiger partial charge on any atom is 0.309 e. The normalized spacial score (nSPS) is 13.4. The van der Waals surface area contributed by atoms with E-state index in [-0.39, 0.29) is 56.4 Å². The molecular formula is C39H48N2O6. The van der Waals surface area contributed by atoms with Crippen molar-refractivity contribution in [3.8, 4) is 0 Å². The summed E-state index contributed by atoms with van der Waals surface area (Å²) < 4.78 is 11.7. The molecule has 0 saturated heterocycles. The number of esters is 1. The SMILES string of the molecule is C=CCCC(Cc1ccccc1)C(=O)OCC(COCc1ccccc1)NC(=O)C(CC=C)CC(=O)NC(CO)Cc1ccccc1. The summed E-state index contributed by atoms with van der Waals surface area (Å²) in [6.07, 6.45) is 5.80. The summed E-state index contributed by atoms with van der Waals surface area (Å²) in [6.45, 7) is 7.66. The molecular weight excluding hydrogens is 592 g/mol. The highest BCUT2D eigenvalue weighted by Crippen LogP contribution is 2.17. The molecule has 2 amide bonds. The lowest BCUT2D eigenvalue weighted by molar-refractivity contribution is -0.150. The number of aliphatic hydroxyl groups is 1. The fourth-order valence-electron chi connectivity index (χ4n) is 5.22. The number of benzene rings is 3. The van der Waals surface area contributed by atoms with Crippen LogP contribution in [-0.4, -0.2) is 54.8 Å². The first-order valence-electron chi connectivity index (χ1n) is 16.2. The number of ether oxygens (including phenoxy) is 2. The summed E-state index contributed by atoms with van der Waals surface area (Å²) >= 11 is 0. The molecule has 3 rings (SSSR count). The molecule has 4 unspecified atom stereocenters. The van der Waals surface area contributed by atoms with Gasteiger partial charge in [-0.05, 0) is 48.8 Å². The first kappa shape index (κ1) is 36.9. The maximum atomic E-state index is 13.5. The van der Waals surface area contributed by atoms with Gasteiger partial charge in [0, 0.05) is 6.42 Å². The van der Waals surface area contributed by atoms with Crippen molar-refractivity contribution in [2.75, 3.05) is 19.8 Å². The van der Waals surface area contributed by atoms with Gasteiger partial charge in [0.1, 0.15) is 6.61 Å². The molecule has 250 valence electrons. The molecule has 4 atom stereocenters. The number of aliphatic hydroxyl groups excluding tert-OH is 1. The van der Waals surface area contributed by atoms with E-state index in [1.165, 1.54) is 0 Å². The minimum Gasteiger partial charge on any atom is -0.463 e. The molecule has 0 aliphatic carbocycles. The van der Waals surface area contributed by atoms with Gasteiger partial charge in [-0.2, -0.15) is 0 Å². The van der Waals surface area contributed by atoms with E-state index >= 15 is 0 Å². The number of nitrogens with one attached hydrogen (secondary N) is 2. The largest absolute Gasteiger partial charge is 0.463 e. The highest BCUT2D eigenvalue weighted by Gasteiger charge is 2.27. The predicted molar refractivity (Wildman–Crippen MR) is 184 cm³/mol. The molecule has 0 fully saturated rings. The van der Waals surface area contributed by atoms with Gasteiger partial charge >= 0.3 is 5.97 Å². The van der Waals surface area contributed by atoms with Crippen molar-refractivity contribution in [3.05, 3.63) is 133 Å². The Morgan fingerprint density at radius 3 is 1.89 bits per heavy atom. The van der Waals surface area contributed by atoms with E-state index in [9.17, 15) is 19.5 Å². The number of allylic oxidation sites excluding steroid dienone is 2. The Balaban J connectivity index is 1.64. The first-order valence-corrected chi connectivity index (χ1v) is 16.2. The van der Waals surface area contributed by atoms with Crippen molar-refractivity contribution in [3.63, 3.8) is 0 Å². The second kappa shape index (κ2) is 21.3. The Bertz CT molecular complexity index is 1370. The molecule has 0 saturated carbocycles. The van der Waals surface area contributed by atoms with E-state index in [1.54, 1.807) is 12.2 Å². The first-order chi connectivity index (χ1) is 22.9. The number of rotatable bonds is 22. The van der Waals surface area contributed by atoms with Crippen LogP contribution in [0.25, 0.3) is 0 Å². The Kier molecular flexibility index (Phi) is 16.7. The molecule has 8 heteroatoms. The van der Waals surface area contributed by atoms with Crippen LogP contribution < -0.4 is 10.6 Å². The number of carbonyl (C=O) groups is 3. The van der Waals surface area contributed by atoms with Crippen LogP contribution in [-0.2, 0) is 43.3 Å². The number of amides is 2. The van der Waals surface area contributed by atoms with E-state index < -0.39 is 18.0 Å². The monoisotopic (exact) mass is 640 g/mol. The highest BCUT2D eigenvalue weighted by atomic mass is 16.5. The molecule has 0 spiro atoms. The van der Waals surface area contributed by atoms with Crippen molar-refractivity contribution >= 4 is 17.8 Å². The third-order valence-electron chi connectivity index (χ3n) is 7.75. The quantitative estimate of drug-likeness (QED) is 0.101. The molecule has 0 aliphatic heterocycles. The molecule has 3 aromatic rings. The second-order valence-electron chi connectivity index (χ2n) is 11.7. The Hall–Kier alpha value is -4.53. The standard InChI is InChI=1S/C39H48N2O6/c1-3-5-22-34(23-30-16-9-6-10-17-30)39(45)47-29-36(28-46-27-32-20-13-8-14-21-32)41-38(44)33(15-4-2)25-37(43)40-35(26-42)24-31-18-11-7-12-19-31/h3-4,6-14,16-21,33-36,42H,1-2,5,15,22-29H2,(H,40,43)(H,41,44). The molecule has 0 radical (unpaired) electrons. The van der Waals surface area contributed by atoms with Gasteiger partial charge in [-0.1, -0.05) is 103 Å². The Morgan fingerprint density at radius 1 is 0.723 bits per heavy atom. The highest BCUT2D eigenvalue weighted by molar-refractivity contribution is 5.86. The predicted octanol–water partition coefficient (Wildman–Crippen LogP) is 5.36. The molecule has 0 heterocycles. The van der Waals surface area contributed by atoms with Gasteiger partial charge in [-0.3, -0.25) is 14.4 Å². The number of carbonyl (C=O) groups excluding carboxylic acids is 3.